The van der Waals surface area contributed by atoms with Gasteiger partial charge in [0, 0.05) is 50.0 Å². The molecule has 2 rings (SSSR count). The van der Waals surface area contributed by atoms with Crippen molar-refractivity contribution in [3.63, 3.8) is 0 Å². The van der Waals surface area contributed by atoms with Crippen molar-refractivity contribution in [2.24, 2.45) is 13.0 Å². The average Bonchev–Trinajstić information content (AvgIpc) is 2.77. The van der Waals surface area contributed by atoms with E-state index >= 15 is 0 Å². The molecule has 1 aromatic heterocycles. The third kappa shape index (κ3) is 3.18. The molecule has 1 saturated heterocycles. The lowest BCUT2D eigenvalue weighted by atomic mass is 9.89. The average molecular weight is 264 g/mol. The molecule has 0 aromatic carbocycles. The van der Waals surface area contributed by atoms with Crippen LogP contribution >= 0.6 is 0 Å². The van der Waals surface area contributed by atoms with Gasteiger partial charge in [-0.25, -0.2) is 0 Å². The summed E-state index contributed by atoms with van der Waals surface area (Å²) in [6, 6.07) is 0.594. The molecule has 4 nitrogen and oxygen atoms in total. The summed E-state index contributed by atoms with van der Waals surface area (Å²) in [6.45, 7) is 12.5. The predicted octanol–water partition coefficient (Wildman–Crippen LogP) is 2.02. The lowest BCUT2D eigenvalue weighted by Gasteiger charge is -2.48. The van der Waals surface area contributed by atoms with Gasteiger partial charge in [-0.3, -0.25) is 9.58 Å². The third-order valence-corrected chi connectivity index (χ3v) is 4.62. The molecule has 108 valence electrons. The second-order valence-electron chi connectivity index (χ2n) is 6.48. The van der Waals surface area contributed by atoms with Crippen molar-refractivity contribution >= 4 is 0 Å². The molecule has 1 aliphatic heterocycles. The van der Waals surface area contributed by atoms with Crippen LogP contribution in [-0.2, 0) is 13.6 Å². The van der Waals surface area contributed by atoms with Crippen LogP contribution in [0.2, 0.25) is 0 Å². The summed E-state index contributed by atoms with van der Waals surface area (Å²) in [4.78, 5) is 2.63. The van der Waals surface area contributed by atoms with Gasteiger partial charge in [0.2, 0.25) is 0 Å². The number of hydrogen-bond donors (Lipinski definition) is 1. The second kappa shape index (κ2) is 5.63. The fourth-order valence-corrected chi connectivity index (χ4v) is 2.81. The van der Waals surface area contributed by atoms with Crippen LogP contribution in [0, 0.1) is 5.92 Å². The normalized spacial score (nSPS) is 29.1. The van der Waals surface area contributed by atoms with Gasteiger partial charge in [0.1, 0.15) is 0 Å². The van der Waals surface area contributed by atoms with Gasteiger partial charge >= 0.3 is 0 Å². The van der Waals surface area contributed by atoms with Gasteiger partial charge in [0.15, 0.2) is 0 Å². The zero-order chi connectivity index (χ0) is 14.0. The summed E-state index contributed by atoms with van der Waals surface area (Å²) < 4.78 is 1.89. The second-order valence-corrected chi connectivity index (χ2v) is 6.48. The zero-order valence-electron chi connectivity index (χ0n) is 13.0. The Morgan fingerprint density at radius 3 is 2.79 bits per heavy atom. The van der Waals surface area contributed by atoms with Crippen LogP contribution in [0.5, 0.6) is 0 Å². The largest absolute Gasteiger partial charge is 0.311 e. The monoisotopic (exact) mass is 264 g/mol. The zero-order valence-corrected chi connectivity index (χ0v) is 13.0. The van der Waals surface area contributed by atoms with Crippen molar-refractivity contribution in [3.8, 4) is 0 Å². The summed E-state index contributed by atoms with van der Waals surface area (Å²) in [5, 5.41) is 8.00. The van der Waals surface area contributed by atoms with Crippen LogP contribution in [0.25, 0.3) is 0 Å². The van der Waals surface area contributed by atoms with Gasteiger partial charge in [-0.15, -0.1) is 0 Å². The maximum absolute atomic E-state index is 4.28. The highest BCUT2D eigenvalue weighted by Crippen LogP contribution is 2.26. The van der Waals surface area contributed by atoms with Crippen LogP contribution < -0.4 is 5.32 Å². The Labute approximate surface area is 117 Å². The van der Waals surface area contributed by atoms with Crippen LogP contribution in [-0.4, -0.2) is 39.4 Å². The molecular formula is C15H28N4. The Hall–Kier alpha value is -0.870. The Morgan fingerprint density at radius 2 is 2.26 bits per heavy atom. The van der Waals surface area contributed by atoms with E-state index in [-0.39, 0.29) is 5.54 Å². The van der Waals surface area contributed by atoms with E-state index in [0.717, 1.165) is 19.6 Å². The van der Waals surface area contributed by atoms with Gasteiger partial charge in [-0.2, -0.15) is 5.10 Å². The fourth-order valence-electron chi connectivity index (χ4n) is 2.81. The van der Waals surface area contributed by atoms with Gasteiger partial charge in [-0.1, -0.05) is 20.8 Å². The van der Waals surface area contributed by atoms with Crippen molar-refractivity contribution in [2.45, 2.75) is 52.2 Å². The third-order valence-electron chi connectivity index (χ3n) is 4.62. The first-order chi connectivity index (χ1) is 8.94. The molecule has 0 radical (unpaired) electrons. The Morgan fingerprint density at radius 1 is 1.53 bits per heavy atom. The molecular weight excluding hydrogens is 236 g/mol. The minimum Gasteiger partial charge on any atom is -0.311 e. The molecule has 2 atom stereocenters. The summed E-state index contributed by atoms with van der Waals surface area (Å²) in [5.41, 5.74) is 1.56. The molecule has 0 amide bonds. The van der Waals surface area contributed by atoms with Crippen molar-refractivity contribution in [3.05, 3.63) is 18.0 Å². The maximum Gasteiger partial charge on any atom is 0.0534 e. The molecule has 1 N–H and O–H groups in total. The van der Waals surface area contributed by atoms with E-state index in [1.54, 1.807) is 0 Å². The smallest absolute Gasteiger partial charge is 0.0534 e. The molecule has 0 aliphatic carbocycles. The Balaban J connectivity index is 2.11. The first-order valence-electron chi connectivity index (χ1n) is 7.40. The van der Waals surface area contributed by atoms with Crippen LogP contribution in [0.15, 0.2) is 12.4 Å². The van der Waals surface area contributed by atoms with Gasteiger partial charge in [-0.05, 0) is 19.3 Å². The lowest BCUT2D eigenvalue weighted by Crippen LogP contribution is -2.63. The van der Waals surface area contributed by atoms with Crippen molar-refractivity contribution in [1.29, 1.82) is 0 Å². The summed E-state index contributed by atoms with van der Waals surface area (Å²) in [7, 11) is 1.98. The van der Waals surface area contributed by atoms with E-state index in [1.165, 1.54) is 12.0 Å². The summed E-state index contributed by atoms with van der Waals surface area (Å²) in [5.74, 6) is 0.679. The highest BCUT2D eigenvalue weighted by molar-refractivity contribution is 5.07. The first-order valence-corrected chi connectivity index (χ1v) is 7.40. The highest BCUT2D eigenvalue weighted by atomic mass is 15.3. The number of aromatic nitrogens is 2. The molecule has 4 heteroatoms. The summed E-state index contributed by atoms with van der Waals surface area (Å²) in [6.07, 6.45) is 5.29. The van der Waals surface area contributed by atoms with Crippen molar-refractivity contribution in [1.82, 2.24) is 20.0 Å². The van der Waals surface area contributed by atoms with E-state index in [9.17, 15) is 0 Å². The van der Waals surface area contributed by atoms with E-state index in [0.29, 0.717) is 12.0 Å². The number of piperazine rings is 1. The number of hydrogen-bond acceptors (Lipinski definition) is 3. The molecule has 1 aromatic rings. The molecule has 19 heavy (non-hydrogen) atoms. The molecule has 2 unspecified atom stereocenters. The quantitative estimate of drug-likeness (QED) is 0.903. The Bertz CT molecular complexity index is 412. The highest BCUT2D eigenvalue weighted by Gasteiger charge is 2.37. The minimum atomic E-state index is 0.251. The molecule has 0 saturated carbocycles. The topological polar surface area (TPSA) is 33.1 Å². The van der Waals surface area contributed by atoms with Crippen LogP contribution in [0.3, 0.4) is 0 Å². The molecule has 0 bridgehead atoms. The molecule has 0 spiro atoms. The fraction of sp³-hybridized carbons (Fsp3) is 0.800. The van der Waals surface area contributed by atoms with E-state index < -0.39 is 0 Å². The standard InChI is InChI=1S/C15H28N4/c1-6-15(4)11-16-14(12(2)3)10-19(15)9-13-7-17-18(5)8-13/h7-8,12,14,16H,6,9-11H2,1-5H3. The van der Waals surface area contributed by atoms with Crippen molar-refractivity contribution in [2.75, 3.05) is 13.1 Å². The Kier molecular flexibility index (Phi) is 4.31. The van der Waals surface area contributed by atoms with Gasteiger partial charge < -0.3 is 5.32 Å². The first kappa shape index (κ1) is 14.5. The van der Waals surface area contributed by atoms with E-state index in [1.807, 2.05) is 17.9 Å². The predicted molar refractivity (Wildman–Crippen MR) is 78.9 cm³/mol. The van der Waals surface area contributed by atoms with Crippen LogP contribution in [0.1, 0.15) is 39.7 Å². The summed E-state index contributed by atoms with van der Waals surface area (Å²) >= 11 is 0. The molecule has 2 heterocycles. The number of rotatable bonds is 4. The molecule has 1 fully saturated rings. The van der Waals surface area contributed by atoms with Crippen LogP contribution in [0.4, 0.5) is 0 Å². The number of aryl methyl sites for hydroxylation is 1. The number of nitrogens with one attached hydrogen (secondary N) is 1. The van der Waals surface area contributed by atoms with Gasteiger partial charge in [0.05, 0.1) is 6.20 Å². The molecule has 1 aliphatic rings. The van der Waals surface area contributed by atoms with Gasteiger partial charge in [0.25, 0.3) is 0 Å². The van der Waals surface area contributed by atoms with E-state index in [4.69, 9.17) is 0 Å². The van der Waals surface area contributed by atoms with E-state index in [2.05, 4.69) is 49.2 Å². The minimum absolute atomic E-state index is 0.251. The number of nitrogens with zero attached hydrogens (tertiary/aromatic N) is 3. The SMILES string of the molecule is CCC1(C)CNC(C(C)C)CN1Cc1cnn(C)c1. The maximum atomic E-state index is 4.28. The lowest BCUT2D eigenvalue weighted by molar-refractivity contribution is 0.0316. The van der Waals surface area contributed by atoms with Crippen molar-refractivity contribution < 1.29 is 0 Å².